The zero-order valence-corrected chi connectivity index (χ0v) is 32.4. The van der Waals surface area contributed by atoms with Gasteiger partial charge in [0.05, 0.1) is 78.4 Å². The quantitative estimate of drug-likeness (QED) is 0.0870. The fourth-order valence-corrected chi connectivity index (χ4v) is 6.34. The van der Waals surface area contributed by atoms with E-state index in [-0.39, 0.29) is 32.2 Å². The zero-order chi connectivity index (χ0) is 37.1. The van der Waals surface area contributed by atoms with E-state index in [1.165, 1.54) is 5.06 Å². The van der Waals surface area contributed by atoms with Crippen LogP contribution in [0, 0.1) is 0 Å². The molecule has 8 nitrogen and oxygen atoms in total. The highest BCUT2D eigenvalue weighted by Gasteiger charge is 2.41. The maximum atomic E-state index is 12.8. The maximum absolute atomic E-state index is 12.8. The van der Waals surface area contributed by atoms with Crippen molar-refractivity contribution in [3.63, 3.8) is 0 Å². The normalized spacial score (nSPS) is 17.9. The Morgan fingerprint density at radius 2 is 1.27 bits per heavy atom. The molecular formula is C40H43Cl4NO7. The number of rotatable bonds is 15. The van der Waals surface area contributed by atoms with Gasteiger partial charge >= 0.3 is 6.16 Å². The lowest BCUT2D eigenvalue weighted by molar-refractivity contribution is -0.209. The van der Waals surface area contributed by atoms with Crippen LogP contribution in [0.5, 0.6) is 5.75 Å². The minimum absolute atomic E-state index is 0.228. The summed E-state index contributed by atoms with van der Waals surface area (Å²) in [7, 11) is 0. The highest BCUT2D eigenvalue weighted by atomic mass is 35.5. The number of hydrogen-bond acceptors (Lipinski definition) is 8. The summed E-state index contributed by atoms with van der Waals surface area (Å²) in [5, 5.41) is 3.30. The number of ether oxygens (including phenoxy) is 5. The Hall–Kier alpha value is -3.05. The molecule has 1 heterocycles. The molecule has 0 aliphatic carbocycles. The Labute approximate surface area is 325 Å². The van der Waals surface area contributed by atoms with E-state index in [2.05, 4.69) is 0 Å². The van der Waals surface area contributed by atoms with Gasteiger partial charge in [0, 0.05) is 12.3 Å². The van der Waals surface area contributed by atoms with Crippen molar-refractivity contribution in [1.29, 1.82) is 0 Å². The molecule has 0 saturated carbocycles. The third kappa shape index (κ3) is 12.5. The molecule has 1 fully saturated rings. The van der Waals surface area contributed by atoms with E-state index < -0.39 is 24.0 Å². The molecule has 1 unspecified atom stereocenters. The summed E-state index contributed by atoms with van der Waals surface area (Å²) in [5.41, 5.74) is 3.04. The van der Waals surface area contributed by atoms with Gasteiger partial charge in [-0.15, -0.1) is 5.06 Å². The van der Waals surface area contributed by atoms with Crippen LogP contribution in [-0.4, -0.2) is 55.3 Å². The van der Waals surface area contributed by atoms with Crippen molar-refractivity contribution in [1.82, 2.24) is 5.06 Å². The molecule has 0 amide bonds. The lowest BCUT2D eigenvalue weighted by Gasteiger charge is -2.42. The van der Waals surface area contributed by atoms with Crippen LogP contribution in [0.3, 0.4) is 0 Å². The average Bonchev–Trinajstić information content (AvgIpc) is 3.10. The van der Waals surface area contributed by atoms with Gasteiger partial charge < -0.3 is 28.5 Å². The van der Waals surface area contributed by atoms with Gasteiger partial charge in [-0.1, -0.05) is 101 Å². The van der Waals surface area contributed by atoms with Crippen LogP contribution in [0.1, 0.15) is 55.4 Å². The topological polar surface area (TPSA) is 75.7 Å². The molecule has 1 aliphatic rings. The molecule has 12 heteroatoms. The van der Waals surface area contributed by atoms with E-state index in [9.17, 15) is 4.79 Å². The minimum Gasteiger partial charge on any atom is -0.494 e. The monoisotopic (exact) mass is 789 g/mol. The van der Waals surface area contributed by atoms with Crippen molar-refractivity contribution in [3.8, 4) is 5.75 Å². The Balaban J connectivity index is 1.32. The van der Waals surface area contributed by atoms with Crippen molar-refractivity contribution in [2.45, 2.75) is 70.7 Å². The second-order valence-corrected chi connectivity index (χ2v) is 15.1. The van der Waals surface area contributed by atoms with E-state index in [4.69, 9.17) is 74.9 Å². The number of carbonyl (C=O) groups excluding carboxylic acids is 1. The Bertz CT molecular complexity index is 1670. The summed E-state index contributed by atoms with van der Waals surface area (Å²) in [6.07, 6.45) is -1.04. The number of carbonyl (C=O) groups is 1. The number of hydrogen-bond donors (Lipinski definition) is 0. The summed E-state index contributed by atoms with van der Waals surface area (Å²) in [6.45, 7) is 7.96. The SMILES string of the molecule is CC(C)(C)OC(=O)ON1C[C@H](OCc2ccc(Cl)c(Cl)c2)C(c2ccc(OCCCOCc3ccccc3)cc2)[C@H](OCc2ccc(Cl)c(Cl)c2)C1. The second-order valence-electron chi connectivity index (χ2n) is 13.4. The van der Waals surface area contributed by atoms with Gasteiger partial charge in [0.2, 0.25) is 0 Å². The molecule has 5 rings (SSSR count). The van der Waals surface area contributed by atoms with Gasteiger partial charge in [-0.25, -0.2) is 4.79 Å². The third-order valence-corrected chi connectivity index (χ3v) is 9.61. The number of nitrogens with zero attached hydrogens (tertiary/aromatic N) is 1. The molecule has 0 spiro atoms. The van der Waals surface area contributed by atoms with Crippen LogP contribution in [0.2, 0.25) is 20.1 Å². The van der Waals surface area contributed by atoms with Gasteiger partial charge in [-0.05, 0) is 79.4 Å². The molecule has 52 heavy (non-hydrogen) atoms. The number of benzene rings is 4. The van der Waals surface area contributed by atoms with Crippen LogP contribution >= 0.6 is 46.4 Å². The molecule has 0 aromatic heterocycles. The van der Waals surface area contributed by atoms with Gasteiger partial charge in [-0.3, -0.25) is 0 Å². The van der Waals surface area contributed by atoms with Crippen molar-refractivity contribution < 1.29 is 33.3 Å². The molecule has 278 valence electrons. The van der Waals surface area contributed by atoms with Crippen molar-refractivity contribution >= 4 is 52.6 Å². The highest BCUT2D eigenvalue weighted by Crippen LogP contribution is 2.36. The highest BCUT2D eigenvalue weighted by molar-refractivity contribution is 6.42. The average molecular weight is 792 g/mol. The molecule has 4 aromatic rings. The molecule has 3 atom stereocenters. The Morgan fingerprint density at radius 3 is 1.81 bits per heavy atom. The lowest BCUT2D eigenvalue weighted by atomic mass is 9.85. The predicted molar refractivity (Wildman–Crippen MR) is 204 cm³/mol. The summed E-state index contributed by atoms with van der Waals surface area (Å²) in [4.78, 5) is 18.5. The van der Waals surface area contributed by atoms with E-state index in [1.54, 1.807) is 45.0 Å². The van der Waals surface area contributed by atoms with Crippen LogP contribution in [0.25, 0.3) is 0 Å². The first-order valence-electron chi connectivity index (χ1n) is 17.0. The van der Waals surface area contributed by atoms with E-state index >= 15 is 0 Å². The van der Waals surface area contributed by atoms with Gasteiger partial charge in [0.15, 0.2) is 0 Å². The maximum Gasteiger partial charge on any atom is 0.528 e. The van der Waals surface area contributed by atoms with Crippen LogP contribution < -0.4 is 4.74 Å². The first-order valence-corrected chi connectivity index (χ1v) is 18.6. The first-order chi connectivity index (χ1) is 24.9. The summed E-state index contributed by atoms with van der Waals surface area (Å²) < 4.78 is 30.5. The molecular weight excluding hydrogens is 748 g/mol. The van der Waals surface area contributed by atoms with Crippen molar-refractivity contribution in [2.24, 2.45) is 0 Å². The van der Waals surface area contributed by atoms with Crippen molar-refractivity contribution in [2.75, 3.05) is 26.3 Å². The fraction of sp³-hybridized carbons (Fsp3) is 0.375. The molecule has 0 radical (unpaired) electrons. The largest absolute Gasteiger partial charge is 0.528 e. The lowest BCUT2D eigenvalue weighted by Crippen LogP contribution is -2.53. The summed E-state index contributed by atoms with van der Waals surface area (Å²) in [6, 6.07) is 28.7. The Morgan fingerprint density at radius 1 is 0.692 bits per heavy atom. The van der Waals surface area contributed by atoms with E-state index in [0.29, 0.717) is 39.9 Å². The number of piperidine rings is 1. The fourth-order valence-electron chi connectivity index (χ4n) is 5.70. The first kappa shape index (κ1) is 40.1. The number of hydroxylamine groups is 2. The van der Waals surface area contributed by atoms with Crippen LogP contribution in [0.15, 0.2) is 91.0 Å². The standard InChI is InChI=1S/C40H43Cl4NO7/c1-40(2,3)51-39(46)52-45-22-36(49-25-28-10-16-32(41)34(43)20-28)38(37(23-45)50-26-29-11-17-33(42)35(44)21-29)30-12-14-31(15-13-30)48-19-7-18-47-24-27-8-5-4-6-9-27/h4-6,8-17,20-21,36-38H,7,18-19,22-26H2,1-3H3/t36-,37+,38?. The van der Waals surface area contributed by atoms with Crippen LogP contribution in [0.4, 0.5) is 4.79 Å². The van der Waals surface area contributed by atoms with Gasteiger partial charge in [0.1, 0.15) is 11.4 Å². The smallest absolute Gasteiger partial charge is 0.494 e. The van der Waals surface area contributed by atoms with Gasteiger partial charge in [0.25, 0.3) is 0 Å². The Kier molecular flexibility index (Phi) is 14.9. The number of halogens is 4. The summed E-state index contributed by atoms with van der Waals surface area (Å²) in [5.74, 6) is 0.462. The zero-order valence-electron chi connectivity index (χ0n) is 29.4. The third-order valence-electron chi connectivity index (χ3n) is 8.14. The van der Waals surface area contributed by atoms with E-state index in [0.717, 1.165) is 34.4 Å². The van der Waals surface area contributed by atoms with Crippen LogP contribution in [-0.2, 0) is 43.6 Å². The van der Waals surface area contributed by atoms with E-state index in [1.807, 2.05) is 66.7 Å². The van der Waals surface area contributed by atoms with Gasteiger partial charge in [-0.2, -0.15) is 0 Å². The molecule has 1 aliphatic heterocycles. The second kappa shape index (κ2) is 19.3. The molecule has 0 N–H and O–H groups in total. The summed E-state index contributed by atoms with van der Waals surface area (Å²) >= 11 is 25.0. The molecule has 4 aromatic carbocycles. The predicted octanol–water partition coefficient (Wildman–Crippen LogP) is 10.7. The minimum atomic E-state index is -0.815. The molecule has 1 saturated heterocycles. The van der Waals surface area contributed by atoms with Crippen molar-refractivity contribution in [3.05, 3.63) is 133 Å². The molecule has 0 bridgehead atoms.